The van der Waals surface area contributed by atoms with Crippen LogP contribution in [0.5, 0.6) is 0 Å². The summed E-state index contributed by atoms with van der Waals surface area (Å²) in [5.74, 6) is 0. The van der Waals surface area contributed by atoms with E-state index in [1.54, 1.807) is 30.5 Å². The Kier molecular flexibility index (Phi) is 4.45. The third-order valence-corrected chi connectivity index (χ3v) is 5.20. The second kappa shape index (κ2) is 6.52. The summed E-state index contributed by atoms with van der Waals surface area (Å²) < 4.78 is 29.1. The maximum absolute atomic E-state index is 12.2. The van der Waals surface area contributed by atoms with Gasteiger partial charge in [0.05, 0.1) is 4.90 Å². The average molecular weight is 329 g/mol. The van der Waals surface area contributed by atoms with Gasteiger partial charge in [-0.2, -0.15) is 0 Å². The predicted octanol–water partition coefficient (Wildman–Crippen LogP) is 2.71. The molecule has 6 heteroatoms. The third-order valence-electron chi connectivity index (χ3n) is 3.72. The Morgan fingerprint density at radius 2 is 1.91 bits per heavy atom. The van der Waals surface area contributed by atoms with Gasteiger partial charge < -0.3 is 4.57 Å². The van der Waals surface area contributed by atoms with Crippen LogP contribution in [-0.4, -0.2) is 24.5 Å². The lowest BCUT2D eigenvalue weighted by Gasteiger charge is -2.08. The molecule has 0 aliphatic heterocycles. The SMILES string of the molecule is Cc1ccc(S(=O)(=O)NCCCn2ccc3cccnc32)cc1. The smallest absolute Gasteiger partial charge is 0.240 e. The van der Waals surface area contributed by atoms with Crippen LogP contribution in [0.3, 0.4) is 0 Å². The van der Waals surface area contributed by atoms with Crippen LogP contribution in [0.1, 0.15) is 12.0 Å². The molecule has 0 fully saturated rings. The van der Waals surface area contributed by atoms with Crippen LogP contribution in [0.25, 0.3) is 11.0 Å². The number of sulfonamides is 1. The van der Waals surface area contributed by atoms with E-state index < -0.39 is 10.0 Å². The average Bonchev–Trinajstić information content (AvgIpc) is 2.95. The summed E-state index contributed by atoms with van der Waals surface area (Å²) in [4.78, 5) is 4.65. The van der Waals surface area contributed by atoms with Gasteiger partial charge in [-0.05, 0) is 43.7 Å². The first-order valence-electron chi connectivity index (χ1n) is 7.52. The van der Waals surface area contributed by atoms with Gasteiger partial charge in [0.1, 0.15) is 5.65 Å². The molecule has 2 aromatic heterocycles. The number of rotatable bonds is 6. The Bertz CT molecular complexity index is 899. The molecule has 0 aliphatic carbocycles. The highest BCUT2D eigenvalue weighted by molar-refractivity contribution is 7.89. The number of nitrogens with zero attached hydrogens (tertiary/aromatic N) is 2. The van der Waals surface area contributed by atoms with E-state index in [1.165, 1.54) is 0 Å². The van der Waals surface area contributed by atoms with Crippen molar-refractivity contribution >= 4 is 21.1 Å². The molecule has 0 spiro atoms. The number of hydrogen-bond acceptors (Lipinski definition) is 3. The first-order valence-corrected chi connectivity index (χ1v) is 9.01. The van der Waals surface area contributed by atoms with Crippen molar-refractivity contribution in [1.29, 1.82) is 0 Å². The number of fused-ring (bicyclic) bond motifs is 1. The fraction of sp³-hybridized carbons (Fsp3) is 0.235. The standard InChI is InChI=1S/C17H19N3O2S/c1-14-5-7-16(8-6-14)23(21,22)19-11-3-12-20-13-9-15-4-2-10-18-17(15)20/h2,4-10,13,19H,3,11-12H2,1H3. The highest BCUT2D eigenvalue weighted by atomic mass is 32.2. The summed E-state index contributed by atoms with van der Waals surface area (Å²) in [5, 5.41) is 1.09. The van der Waals surface area contributed by atoms with Gasteiger partial charge in [-0.3, -0.25) is 0 Å². The lowest BCUT2D eigenvalue weighted by atomic mass is 10.2. The minimum atomic E-state index is -3.44. The van der Waals surface area contributed by atoms with E-state index in [9.17, 15) is 8.42 Å². The van der Waals surface area contributed by atoms with Crippen molar-refractivity contribution in [3.05, 3.63) is 60.4 Å². The Labute approximate surface area is 136 Å². The summed E-state index contributed by atoms with van der Waals surface area (Å²) in [7, 11) is -3.44. The van der Waals surface area contributed by atoms with Gasteiger partial charge in [0.25, 0.3) is 0 Å². The van der Waals surface area contributed by atoms with Crippen molar-refractivity contribution in [3.8, 4) is 0 Å². The van der Waals surface area contributed by atoms with E-state index >= 15 is 0 Å². The van der Waals surface area contributed by atoms with E-state index in [2.05, 4.69) is 9.71 Å². The molecule has 1 aromatic carbocycles. The number of nitrogens with one attached hydrogen (secondary N) is 1. The topological polar surface area (TPSA) is 64.0 Å². The molecular weight excluding hydrogens is 310 g/mol. The maximum Gasteiger partial charge on any atom is 0.240 e. The number of hydrogen-bond donors (Lipinski definition) is 1. The van der Waals surface area contributed by atoms with E-state index in [-0.39, 0.29) is 0 Å². The van der Waals surface area contributed by atoms with Crippen LogP contribution in [0.15, 0.2) is 59.8 Å². The molecule has 0 saturated carbocycles. The maximum atomic E-state index is 12.2. The van der Waals surface area contributed by atoms with Crippen LogP contribution in [0.4, 0.5) is 0 Å². The fourth-order valence-corrected chi connectivity index (χ4v) is 3.53. The van der Waals surface area contributed by atoms with Crippen LogP contribution in [0.2, 0.25) is 0 Å². The molecule has 3 rings (SSSR count). The number of aryl methyl sites for hydroxylation is 2. The fourth-order valence-electron chi connectivity index (χ4n) is 2.46. The van der Waals surface area contributed by atoms with Gasteiger partial charge in [-0.25, -0.2) is 18.1 Å². The molecule has 0 atom stereocenters. The molecule has 0 amide bonds. The molecule has 0 bridgehead atoms. The molecule has 0 unspecified atom stereocenters. The number of pyridine rings is 1. The minimum Gasteiger partial charge on any atom is -0.332 e. The summed E-state index contributed by atoms with van der Waals surface area (Å²) in [6.45, 7) is 3.04. The van der Waals surface area contributed by atoms with Gasteiger partial charge in [0, 0.05) is 30.9 Å². The van der Waals surface area contributed by atoms with Crippen molar-refractivity contribution in [2.24, 2.45) is 0 Å². The molecule has 1 N–H and O–H groups in total. The highest BCUT2D eigenvalue weighted by Crippen LogP contribution is 2.13. The van der Waals surface area contributed by atoms with E-state index in [0.717, 1.165) is 23.1 Å². The lowest BCUT2D eigenvalue weighted by molar-refractivity contribution is 0.571. The van der Waals surface area contributed by atoms with Crippen LogP contribution in [-0.2, 0) is 16.6 Å². The second-order valence-electron chi connectivity index (χ2n) is 5.49. The van der Waals surface area contributed by atoms with E-state index in [4.69, 9.17) is 0 Å². The Morgan fingerprint density at radius 1 is 1.13 bits per heavy atom. The van der Waals surface area contributed by atoms with Gasteiger partial charge in [0.15, 0.2) is 0 Å². The van der Waals surface area contributed by atoms with E-state index in [1.807, 2.05) is 35.9 Å². The van der Waals surface area contributed by atoms with Gasteiger partial charge in [-0.1, -0.05) is 17.7 Å². The molecule has 2 heterocycles. The zero-order valence-corrected chi connectivity index (χ0v) is 13.8. The minimum absolute atomic E-state index is 0.302. The van der Waals surface area contributed by atoms with Crippen molar-refractivity contribution in [1.82, 2.24) is 14.3 Å². The summed E-state index contributed by atoms with van der Waals surface area (Å²) in [6, 6.07) is 12.8. The van der Waals surface area contributed by atoms with Crippen molar-refractivity contribution in [2.45, 2.75) is 24.8 Å². The van der Waals surface area contributed by atoms with Crippen molar-refractivity contribution in [3.63, 3.8) is 0 Å². The third kappa shape index (κ3) is 3.60. The first-order chi connectivity index (χ1) is 11.1. The Morgan fingerprint density at radius 3 is 2.70 bits per heavy atom. The molecule has 0 aliphatic rings. The predicted molar refractivity (Wildman–Crippen MR) is 90.7 cm³/mol. The largest absolute Gasteiger partial charge is 0.332 e. The highest BCUT2D eigenvalue weighted by Gasteiger charge is 2.12. The van der Waals surface area contributed by atoms with Gasteiger partial charge in [-0.15, -0.1) is 0 Å². The van der Waals surface area contributed by atoms with Gasteiger partial charge >= 0.3 is 0 Å². The van der Waals surface area contributed by atoms with Crippen molar-refractivity contribution in [2.75, 3.05) is 6.54 Å². The molecule has 5 nitrogen and oxygen atoms in total. The number of aromatic nitrogens is 2. The monoisotopic (exact) mass is 329 g/mol. The Hall–Kier alpha value is -2.18. The normalized spacial score (nSPS) is 11.9. The zero-order valence-electron chi connectivity index (χ0n) is 12.9. The molecule has 23 heavy (non-hydrogen) atoms. The van der Waals surface area contributed by atoms with Crippen molar-refractivity contribution < 1.29 is 8.42 Å². The molecule has 3 aromatic rings. The van der Waals surface area contributed by atoms with Gasteiger partial charge in [0.2, 0.25) is 10.0 Å². The molecule has 0 saturated heterocycles. The summed E-state index contributed by atoms with van der Waals surface area (Å²) in [5.41, 5.74) is 1.96. The lowest BCUT2D eigenvalue weighted by Crippen LogP contribution is -2.25. The molecule has 0 radical (unpaired) electrons. The molecular formula is C17H19N3O2S. The van der Waals surface area contributed by atoms with E-state index in [0.29, 0.717) is 17.9 Å². The summed E-state index contributed by atoms with van der Waals surface area (Å²) in [6.07, 6.45) is 4.44. The van der Waals surface area contributed by atoms with Crippen LogP contribution >= 0.6 is 0 Å². The quantitative estimate of drug-likeness (QED) is 0.707. The zero-order chi connectivity index (χ0) is 16.3. The number of benzene rings is 1. The second-order valence-corrected chi connectivity index (χ2v) is 7.26. The Balaban J connectivity index is 1.58. The van der Waals surface area contributed by atoms with Crippen LogP contribution < -0.4 is 4.72 Å². The first kappa shape index (κ1) is 15.7. The van der Waals surface area contributed by atoms with Crippen LogP contribution in [0, 0.1) is 6.92 Å². The molecule has 120 valence electrons. The summed E-state index contributed by atoms with van der Waals surface area (Å²) >= 11 is 0.